The fraction of sp³-hybridized carbons (Fsp3) is 0.556. The van der Waals surface area contributed by atoms with Crippen LogP contribution in [0, 0.1) is 0 Å². The second-order valence-electron chi connectivity index (χ2n) is 6.58. The SMILES string of the molecule is O=C(O)CN(C[C@@H]1CCCN1C(=O)OCc1ccccc1)C1CC1. The van der Waals surface area contributed by atoms with Gasteiger partial charge in [-0.25, -0.2) is 4.79 Å². The minimum Gasteiger partial charge on any atom is -0.480 e. The third kappa shape index (κ3) is 4.47. The molecule has 3 rings (SSSR count). The Kier molecular flexibility index (Phi) is 5.35. The molecule has 1 heterocycles. The highest BCUT2D eigenvalue weighted by atomic mass is 16.6. The first-order valence-corrected chi connectivity index (χ1v) is 8.56. The van der Waals surface area contributed by atoms with E-state index in [9.17, 15) is 9.59 Å². The highest BCUT2D eigenvalue weighted by molar-refractivity contribution is 5.69. The molecule has 1 saturated carbocycles. The number of hydrogen-bond acceptors (Lipinski definition) is 4. The first kappa shape index (κ1) is 16.8. The molecule has 1 saturated heterocycles. The van der Waals surface area contributed by atoms with Crippen LogP contribution in [0.4, 0.5) is 4.79 Å². The summed E-state index contributed by atoms with van der Waals surface area (Å²) in [6, 6.07) is 10.0. The minimum atomic E-state index is -0.807. The lowest BCUT2D eigenvalue weighted by Crippen LogP contribution is -2.45. The normalized spacial score (nSPS) is 20.4. The van der Waals surface area contributed by atoms with Crippen molar-refractivity contribution in [1.82, 2.24) is 9.80 Å². The average Bonchev–Trinajstić information content (AvgIpc) is 3.32. The molecule has 0 bridgehead atoms. The Labute approximate surface area is 142 Å². The van der Waals surface area contributed by atoms with E-state index < -0.39 is 5.97 Å². The van der Waals surface area contributed by atoms with Gasteiger partial charge in [0.2, 0.25) is 0 Å². The molecule has 6 heteroatoms. The van der Waals surface area contributed by atoms with Crippen molar-refractivity contribution in [2.24, 2.45) is 0 Å². The molecule has 2 fully saturated rings. The summed E-state index contributed by atoms with van der Waals surface area (Å²) in [5, 5.41) is 9.07. The zero-order valence-corrected chi connectivity index (χ0v) is 13.8. The van der Waals surface area contributed by atoms with Gasteiger partial charge >= 0.3 is 12.1 Å². The van der Waals surface area contributed by atoms with Gasteiger partial charge in [0.1, 0.15) is 6.61 Å². The van der Waals surface area contributed by atoms with Crippen LogP contribution in [0.25, 0.3) is 0 Å². The molecule has 24 heavy (non-hydrogen) atoms. The number of hydrogen-bond donors (Lipinski definition) is 1. The van der Waals surface area contributed by atoms with Gasteiger partial charge in [0, 0.05) is 25.2 Å². The molecule has 0 unspecified atom stereocenters. The molecule has 2 aliphatic rings. The van der Waals surface area contributed by atoms with Gasteiger partial charge in [-0.1, -0.05) is 30.3 Å². The van der Waals surface area contributed by atoms with Gasteiger partial charge in [-0.15, -0.1) is 0 Å². The van der Waals surface area contributed by atoms with Crippen molar-refractivity contribution < 1.29 is 19.4 Å². The maximum absolute atomic E-state index is 12.4. The summed E-state index contributed by atoms with van der Waals surface area (Å²) in [5.41, 5.74) is 0.965. The van der Waals surface area contributed by atoms with Crippen LogP contribution < -0.4 is 0 Å². The Morgan fingerprint density at radius 3 is 2.62 bits per heavy atom. The van der Waals surface area contributed by atoms with Crippen molar-refractivity contribution in [1.29, 1.82) is 0 Å². The molecule has 0 aromatic heterocycles. The Hall–Kier alpha value is -2.08. The Morgan fingerprint density at radius 1 is 1.21 bits per heavy atom. The number of nitrogens with zero attached hydrogens (tertiary/aromatic N) is 2. The fourth-order valence-corrected chi connectivity index (χ4v) is 3.29. The van der Waals surface area contributed by atoms with Crippen LogP contribution in [0.2, 0.25) is 0 Å². The van der Waals surface area contributed by atoms with Crippen molar-refractivity contribution in [2.45, 2.75) is 44.4 Å². The minimum absolute atomic E-state index is 0.0493. The monoisotopic (exact) mass is 332 g/mol. The third-order valence-corrected chi connectivity index (χ3v) is 4.66. The first-order valence-electron chi connectivity index (χ1n) is 8.56. The fourth-order valence-electron chi connectivity index (χ4n) is 3.29. The van der Waals surface area contributed by atoms with E-state index in [1.54, 1.807) is 4.90 Å². The van der Waals surface area contributed by atoms with Crippen LogP contribution in [-0.2, 0) is 16.1 Å². The van der Waals surface area contributed by atoms with Gasteiger partial charge in [-0.2, -0.15) is 0 Å². The maximum atomic E-state index is 12.4. The van der Waals surface area contributed by atoms with Gasteiger partial charge in [0.15, 0.2) is 0 Å². The lowest BCUT2D eigenvalue weighted by molar-refractivity contribution is -0.138. The van der Waals surface area contributed by atoms with Gasteiger partial charge in [0.05, 0.1) is 6.54 Å². The summed E-state index contributed by atoms with van der Waals surface area (Å²) in [6.07, 6.45) is 3.66. The molecule has 0 spiro atoms. The summed E-state index contributed by atoms with van der Waals surface area (Å²) in [6.45, 7) is 1.62. The molecular formula is C18H24N2O4. The molecule has 130 valence electrons. The predicted molar refractivity (Wildman–Crippen MR) is 88.6 cm³/mol. The molecule has 1 aromatic rings. The van der Waals surface area contributed by atoms with Crippen molar-refractivity contribution in [2.75, 3.05) is 19.6 Å². The van der Waals surface area contributed by atoms with Gasteiger partial charge in [0.25, 0.3) is 0 Å². The molecule has 1 amide bonds. The third-order valence-electron chi connectivity index (χ3n) is 4.66. The highest BCUT2D eigenvalue weighted by Crippen LogP contribution is 2.29. The second-order valence-corrected chi connectivity index (χ2v) is 6.58. The number of rotatable bonds is 7. The number of ether oxygens (including phenoxy) is 1. The number of amides is 1. The van der Waals surface area contributed by atoms with Crippen molar-refractivity contribution in [3.05, 3.63) is 35.9 Å². The van der Waals surface area contributed by atoms with E-state index >= 15 is 0 Å². The van der Waals surface area contributed by atoms with E-state index in [1.165, 1.54) is 0 Å². The molecule has 6 nitrogen and oxygen atoms in total. The Bertz CT molecular complexity index is 574. The summed E-state index contributed by atoms with van der Waals surface area (Å²) in [4.78, 5) is 27.2. The number of carboxylic acids is 1. The number of carbonyl (C=O) groups excluding carboxylic acids is 1. The van der Waals surface area contributed by atoms with E-state index in [-0.39, 0.29) is 25.3 Å². The van der Waals surface area contributed by atoms with E-state index in [1.807, 2.05) is 35.2 Å². The Balaban J connectivity index is 1.54. The zero-order valence-electron chi connectivity index (χ0n) is 13.8. The molecule has 1 aliphatic carbocycles. The van der Waals surface area contributed by atoms with E-state index in [0.29, 0.717) is 19.1 Å². The Morgan fingerprint density at radius 2 is 1.96 bits per heavy atom. The zero-order chi connectivity index (χ0) is 16.9. The van der Waals surface area contributed by atoms with Crippen LogP contribution in [0.3, 0.4) is 0 Å². The molecule has 1 atom stereocenters. The summed E-state index contributed by atoms with van der Waals surface area (Å²) in [7, 11) is 0. The van der Waals surface area contributed by atoms with Crippen LogP contribution in [0.5, 0.6) is 0 Å². The van der Waals surface area contributed by atoms with Gasteiger partial charge in [-0.05, 0) is 31.2 Å². The molecule has 1 aromatic carbocycles. The van der Waals surface area contributed by atoms with Crippen LogP contribution >= 0.6 is 0 Å². The first-order chi connectivity index (χ1) is 11.6. The van der Waals surface area contributed by atoms with E-state index in [0.717, 1.165) is 31.2 Å². The largest absolute Gasteiger partial charge is 0.480 e. The second kappa shape index (κ2) is 7.66. The lowest BCUT2D eigenvalue weighted by atomic mass is 10.2. The highest BCUT2D eigenvalue weighted by Gasteiger charge is 2.36. The van der Waals surface area contributed by atoms with Gasteiger partial charge in [-0.3, -0.25) is 9.69 Å². The molecule has 1 aliphatic heterocycles. The van der Waals surface area contributed by atoms with E-state index in [2.05, 4.69) is 0 Å². The number of benzene rings is 1. The number of carboxylic acid groups (broad SMARTS) is 1. The summed E-state index contributed by atoms with van der Waals surface area (Å²) >= 11 is 0. The van der Waals surface area contributed by atoms with Crippen LogP contribution in [0.1, 0.15) is 31.2 Å². The van der Waals surface area contributed by atoms with Crippen LogP contribution in [-0.4, -0.2) is 58.7 Å². The smallest absolute Gasteiger partial charge is 0.410 e. The average molecular weight is 332 g/mol. The topological polar surface area (TPSA) is 70.1 Å². The van der Waals surface area contributed by atoms with E-state index in [4.69, 9.17) is 9.84 Å². The van der Waals surface area contributed by atoms with Crippen molar-refractivity contribution in [3.63, 3.8) is 0 Å². The number of aliphatic carboxylic acids is 1. The number of carbonyl (C=O) groups is 2. The summed E-state index contributed by atoms with van der Waals surface area (Å²) < 4.78 is 5.43. The molecule has 1 N–H and O–H groups in total. The molecule has 0 radical (unpaired) electrons. The quantitative estimate of drug-likeness (QED) is 0.830. The number of likely N-dealkylation sites (tertiary alicyclic amines) is 1. The van der Waals surface area contributed by atoms with Crippen LogP contribution in [0.15, 0.2) is 30.3 Å². The van der Waals surface area contributed by atoms with Crippen molar-refractivity contribution >= 4 is 12.1 Å². The maximum Gasteiger partial charge on any atom is 0.410 e. The van der Waals surface area contributed by atoms with Gasteiger partial charge < -0.3 is 14.7 Å². The summed E-state index contributed by atoms with van der Waals surface area (Å²) in [5.74, 6) is -0.807. The van der Waals surface area contributed by atoms with Crippen molar-refractivity contribution in [3.8, 4) is 0 Å². The lowest BCUT2D eigenvalue weighted by Gasteiger charge is -2.29. The standard InChI is InChI=1S/C18H24N2O4/c21-17(22)12-19(15-8-9-15)11-16-7-4-10-20(16)18(23)24-13-14-5-2-1-3-6-14/h1-3,5-6,15-16H,4,7-13H2,(H,21,22)/t16-/m0/s1. The molecular weight excluding hydrogens is 308 g/mol. The predicted octanol–water partition coefficient (Wildman–Crippen LogP) is 2.34.